The molecular formula is C32H35FN2O6. The zero-order valence-electron chi connectivity index (χ0n) is 24.1. The van der Waals surface area contributed by atoms with Crippen molar-refractivity contribution in [3.8, 4) is 17.0 Å². The Hall–Kier alpha value is -4.11. The Kier molecular flexibility index (Phi) is 8.05. The number of nitrogens with zero attached hydrogens (tertiary/aromatic N) is 1. The fourth-order valence-corrected chi connectivity index (χ4v) is 4.48. The summed E-state index contributed by atoms with van der Waals surface area (Å²) in [5.41, 5.74) is -0.0797. The van der Waals surface area contributed by atoms with Gasteiger partial charge in [0.15, 0.2) is 5.78 Å². The van der Waals surface area contributed by atoms with Crippen LogP contribution in [0.1, 0.15) is 81.6 Å². The first-order chi connectivity index (χ1) is 19.0. The number of hydrogen-bond donors (Lipinski definition) is 2. The third-order valence-electron chi connectivity index (χ3n) is 6.84. The van der Waals surface area contributed by atoms with Gasteiger partial charge in [0.05, 0.1) is 23.3 Å². The minimum absolute atomic E-state index is 0.00290. The highest BCUT2D eigenvalue weighted by atomic mass is 19.1. The van der Waals surface area contributed by atoms with Crippen LogP contribution in [0, 0.1) is 5.82 Å². The first kappa shape index (κ1) is 29.9. The maximum atomic E-state index is 13.6. The van der Waals surface area contributed by atoms with Gasteiger partial charge in [0, 0.05) is 23.1 Å². The van der Waals surface area contributed by atoms with Gasteiger partial charge in [0.2, 0.25) is 0 Å². The van der Waals surface area contributed by atoms with E-state index in [0.717, 1.165) is 5.56 Å². The predicted molar refractivity (Wildman–Crippen MR) is 151 cm³/mol. The van der Waals surface area contributed by atoms with E-state index in [1.165, 1.54) is 12.1 Å². The number of fused-ring (bicyclic) bond motifs is 1. The zero-order valence-corrected chi connectivity index (χ0v) is 24.1. The second kappa shape index (κ2) is 11.0. The number of pyridine rings is 1. The minimum Gasteiger partial charge on any atom is -0.444 e. The summed E-state index contributed by atoms with van der Waals surface area (Å²) >= 11 is 0. The lowest BCUT2D eigenvalue weighted by molar-refractivity contribution is -0.131. The van der Waals surface area contributed by atoms with Crippen molar-refractivity contribution in [2.45, 2.75) is 77.5 Å². The van der Waals surface area contributed by atoms with E-state index in [9.17, 15) is 23.9 Å². The molecule has 0 fully saturated rings. The van der Waals surface area contributed by atoms with Crippen molar-refractivity contribution in [3.05, 3.63) is 82.8 Å². The summed E-state index contributed by atoms with van der Waals surface area (Å²) in [6.45, 7) is 10.5. The second-order valence-corrected chi connectivity index (χ2v) is 12.1. The van der Waals surface area contributed by atoms with Crippen molar-refractivity contribution in [1.29, 1.82) is 0 Å². The summed E-state index contributed by atoms with van der Waals surface area (Å²) in [7, 11) is 0. The molecule has 0 spiro atoms. The molecule has 0 saturated heterocycles. The molecule has 2 N–H and O–H groups in total. The Morgan fingerprint density at radius 2 is 1.71 bits per heavy atom. The molecule has 9 heteroatoms. The van der Waals surface area contributed by atoms with Crippen LogP contribution in [0.2, 0.25) is 0 Å². The van der Waals surface area contributed by atoms with Gasteiger partial charge in [-0.15, -0.1) is 0 Å². The van der Waals surface area contributed by atoms with E-state index in [1.807, 2.05) is 0 Å². The van der Waals surface area contributed by atoms with E-state index < -0.39 is 28.7 Å². The number of aliphatic hydroxyl groups is 1. The summed E-state index contributed by atoms with van der Waals surface area (Å²) in [4.78, 5) is 41.9. The number of carbonyl (C=O) groups is 3. The number of amides is 1. The van der Waals surface area contributed by atoms with Crippen LogP contribution in [0.25, 0.3) is 11.3 Å². The highest BCUT2D eigenvalue weighted by Gasteiger charge is 2.32. The van der Waals surface area contributed by atoms with E-state index in [2.05, 4.69) is 10.3 Å². The Morgan fingerprint density at radius 1 is 1.02 bits per heavy atom. The molecule has 41 heavy (non-hydrogen) atoms. The average Bonchev–Trinajstić information content (AvgIpc) is 3.25. The van der Waals surface area contributed by atoms with Crippen LogP contribution >= 0.6 is 0 Å². The van der Waals surface area contributed by atoms with E-state index >= 15 is 0 Å². The van der Waals surface area contributed by atoms with Gasteiger partial charge in [0.25, 0.3) is 0 Å². The van der Waals surface area contributed by atoms with Crippen molar-refractivity contribution in [3.63, 3.8) is 0 Å². The van der Waals surface area contributed by atoms with E-state index in [-0.39, 0.29) is 36.7 Å². The number of nitrogens with one attached hydrogen (secondary N) is 1. The Labute approximate surface area is 238 Å². The number of benzene rings is 2. The maximum absolute atomic E-state index is 13.6. The molecular weight excluding hydrogens is 527 g/mol. The highest BCUT2D eigenvalue weighted by molar-refractivity contribution is 5.97. The standard InChI is InChI=1S/C32H35FN2O6/c1-30(2,3)41-29(38)35-31(4,5)22-17-24(19-9-11-23(33)12-10-19)34-27(18-22)32(6,39)14-13-25(36)20-7-8-21-16-28(37)40-26(21)15-20/h7-12,15,17-18,39H,13-14,16H2,1-6H3,(H,35,38). The van der Waals surface area contributed by atoms with E-state index in [1.54, 1.807) is 84.0 Å². The van der Waals surface area contributed by atoms with Gasteiger partial charge in [-0.3, -0.25) is 9.59 Å². The molecule has 0 radical (unpaired) electrons. The SMILES string of the molecule is CC(C)(C)OC(=O)NC(C)(C)c1cc(-c2ccc(F)cc2)nc(C(C)(O)CCC(=O)c2ccc3c(c2)OC(=O)C3)c1. The lowest BCUT2D eigenvalue weighted by atomic mass is 9.87. The number of ether oxygens (including phenoxy) is 2. The molecule has 2 heterocycles. The van der Waals surface area contributed by atoms with Gasteiger partial charge in [-0.25, -0.2) is 14.2 Å². The maximum Gasteiger partial charge on any atom is 0.408 e. The summed E-state index contributed by atoms with van der Waals surface area (Å²) in [6, 6.07) is 14.1. The largest absolute Gasteiger partial charge is 0.444 e. The number of halogens is 1. The normalized spacial score (nSPS) is 14.6. The van der Waals surface area contributed by atoms with Crippen LogP contribution < -0.4 is 10.1 Å². The van der Waals surface area contributed by atoms with E-state index in [4.69, 9.17) is 9.47 Å². The molecule has 1 aromatic heterocycles. The number of Topliss-reactive ketones (excluding diaryl/α,β-unsaturated/α-hetero) is 1. The third-order valence-corrected chi connectivity index (χ3v) is 6.84. The molecule has 2 aromatic carbocycles. The van der Waals surface area contributed by atoms with Crippen LogP contribution in [0.3, 0.4) is 0 Å². The molecule has 3 aromatic rings. The van der Waals surface area contributed by atoms with Crippen molar-refractivity contribution < 1.29 is 33.4 Å². The number of carbonyl (C=O) groups excluding carboxylic acids is 3. The molecule has 1 atom stereocenters. The van der Waals surface area contributed by atoms with Crippen LogP contribution in [-0.4, -0.2) is 33.5 Å². The number of hydrogen-bond acceptors (Lipinski definition) is 7. The summed E-state index contributed by atoms with van der Waals surface area (Å²) < 4.78 is 24.2. The van der Waals surface area contributed by atoms with Crippen LogP contribution in [0.4, 0.5) is 9.18 Å². The van der Waals surface area contributed by atoms with Crippen LogP contribution in [0.15, 0.2) is 54.6 Å². The van der Waals surface area contributed by atoms with Crippen molar-refractivity contribution in [2.75, 3.05) is 0 Å². The van der Waals surface area contributed by atoms with Gasteiger partial charge in [0.1, 0.15) is 22.8 Å². The Morgan fingerprint density at radius 3 is 2.37 bits per heavy atom. The molecule has 1 aliphatic heterocycles. The Balaban J connectivity index is 1.63. The predicted octanol–water partition coefficient (Wildman–Crippen LogP) is 5.98. The lowest BCUT2D eigenvalue weighted by Crippen LogP contribution is -2.44. The lowest BCUT2D eigenvalue weighted by Gasteiger charge is -2.31. The number of esters is 1. The minimum atomic E-state index is -1.54. The van der Waals surface area contributed by atoms with Gasteiger partial charge in [-0.1, -0.05) is 12.1 Å². The van der Waals surface area contributed by atoms with Gasteiger partial charge >= 0.3 is 12.1 Å². The topological polar surface area (TPSA) is 115 Å². The Bertz CT molecular complexity index is 1490. The van der Waals surface area contributed by atoms with Crippen molar-refractivity contribution in [2.24, 2.45) is 0 Å². The first-order valence-corrected chi connectivity index (χ1v) is 13.4. The van der Waals surface area contributed by atoms with Gasteiger partial charge in [-0.05, 0) is 96.0 Å². The number of rotatable bonds is 8. The smallest absolute Gasteiger partial charge is 0.408 e. The average molecular weight is 563 g/mol. The molecule has 1 amide bonds. The molecule has 0 saturated carbocycles. The number of alkyl carbamates (subject to hydrolysis) is 1. The number of aromatic nitrogens is 1. The molecule has 1 aliphatic rings. The second-order valence-electron chi connectivity index (χ2n) is 12.1. The first-order valence-electron chi connectivity index (χ1n) is 13.4. The quantitative estimate of drug-likeness (QED) is 0.197. The molecule has 4 rings (SSSR count). The number of ketones is 1. The molecule has 0 aliphatic carbocycles. The van der Waals surface area contributed by atoms with Crippen LogP contribution in [0.5, 0.6) is 5.75 Å². The highest BCUT2D eigenvalue weighted by Crippen LogP contribution is 2.34. The van der Waals surface area contributed by atoms with Crippen molar-refractivity contribution >= 4 is 17.8 Å². The van der Waals surface area contributed by atoms with Crippen LogP contribution in [-0.2, 0) is 27.1 Å². The zero-order chi connectivity index (χ0) is 30.2. The summed E-state index contributed by atoms with van der Waals surface area (Å²) in [5, 5.41) is 14.4. The molecule has 1 unspecified atom stereocenters. The van der Waals surface area contributed by atoms with Gasteiger partial charge in [-0.2, -0.15) is 0 Å². The summed E-state index contributed by atoms with van der Waals surface area (Å²) in [6.07, 6.45) is -0.392. The molecule has 216 valence electrons. The molecule has 0 bridgehead atoms. The fourth-order valence-electron chi connectivity index (χ4n) is 4.48. The monoisotopic (exact) mass is 562 g/mol. The third kappa shape index (κ3) is 7.35. The molecule has 8 nitrogen and oxygen atoms in total. The van der Waals surface area contributed by atoms with Crippen molar-refractivity contribution in [1.82, 2.24) is 10.3 Å². The summed E-state index contributed by atoms with van der Waals surface area (Å²) in [5.74, 6) is -0.605. The van der Waals surface area contributed by atoms with E-state index in [0.29, 0.717) is 28.1 Å². The van der Waals surface area contributed by atoms with Gasteiger partial charge < -0.3 is 19.9 Å². The fraction of sp³-hybridized carbons (Fsp3) is 0.375.